The van der Waals surface area contributed by atoms with Gasteiger partial charge in [-0.1, -0.05) is 6.42 Å². The predicted octanol–water partition coefficient (Wildman–Crippen LogP) is 0.317. The SMILES string of the molecule is NNC(=O)CCN1CCC(N2CCCCC2)CC1. The zero-order valence-corrected chi connectivity index (χ0v) is 11.2. The molecule has 0 aromatic rings. The van der Waals surface area contributed by atoms with Crippen LogP contribution in [0.3, 0.4) is 0 Å². The third-order valence-electron chi connectivity index (χ3n) is 4.28. The quantitative estimate of drug-likeness (QED) is 0.431. The van der Waals surface area contributed by atoms with E-state index in [1.807, 2.05) is 0 Å². The number of likely N-dealkylation sites (tertiary alicyclic amines) is 2. The van der Waals surface area contributed by atoms with Crippen molar-refractivity contribution in [2.75, 3.05) is 32.7 Å². The number of hydrazine groups is 1. The van der Waals surface area contributed by atoms with E-state index in [0.717, 1.165) is 25.7 Å². The van der Waals surface area contributed by atoms with E-state index < -0.39 is 0 Å². The predicted molar refractivity (Wildman–Crippen MR) is 71.8 cm³/mol. The van der Waals surface area contributed by atoms with Gasteiger partial charge < -0.3 is 9.80 Å². The molecule has 2 aliphatic heterocycles. The molecule has 5 heteroatoms. The Kier molecular flexibility index (Phi) is 5.41. The molecule has 0 radical (unpaired) electrons. The molecular weight excluding hydrogens is 228 g/mol. The molecule has 2 rings (SSSR count). The summed E-state index contributed by atoms with van der Waals surface area (Å²) in [5.74, 6) is 5.02. The maximum atomic E-state index is 11.1. The van der Waals surface area contributed by atoms with Crippen molar-refractivity contribution in [2.45, 2.75) is 44.6 Å². The number of piperidine rings is 2. The third-order valence-corrected chi connectivity index (χ3v) is 4.28. The second-order valence-electron chi connectivity index (χ2n) is 5.49. The minimum atomic E-state index is -0.0619. The molecule has 1 amide bonds. The first-order valence-corrected chi connectivity index (χ1v) is 7.25. The normalized spacial score (nSPS) is 24.1. The van der Waals surface area contributed by atoms with E-state index in [0.29, 0.717) is 6.42 Å². The molecule has 0 atom stereocenters. The molecule has 5 nitrogen and oxygen atoms in total. The number of hydrogen-bond acceptors (Lipinski definition) is 4. The first kappa shape index (κ1) is 13.8. The molecule has 0 aliphatic carbocycles. The van der Waals surface area contributed by atoms with Crippen LogP contribution in [0.5, 0.6) is 0 Å². The van der Waals surface area contributed by atoms with E-state index in [-0.39, 0.29) is 5.91 Å². The summed E-state index contributed by atoms with van der Waals surface area (Å²) >= 11 is 0. The van der Waals surface area contributed by atoms with Gasteiger partial charge in [-0.25, -0.2) is 5.84 Å². The lowest BCUT2D eigenvalue weighted by Gasteiger charge is -2.40. The smallest absolute Gasteiger partial charge is 0.235 e. The number of amides is 1. The van der Waals surface area contributed by atoms with E-state index in [1.165, 1.54) is 45.2 Å². The lowest BCUT2D eigenvalue weighted by Crippen LogP contribution is -2.47. The number of carbonyl (C=O) groups is 1. The third kappa shape index (κ3) is 3.93. The summed E-state index contributed by atoms with van der Waals surface area (Å²) in [5.41, 5.74) is 2.19. The second-order valence-corrected chi connectivity index (χ2v) is 5.49. The molecule has 2 fully saturated rings. The molecule has 0 spiro atoms. The lowest BCUT2D eigenvalue weighted by molar-refractivity contribution is -0.121. The summed E-state index contributed by atoms with van der Waals surface area (Å²) in [6.07, 6.45) is 7.18. The molecule has 2 saturated heterocycles. The van der Waals surface area contributed by atoms with Gasteiger partial charge in [-0.15, -0.1) is 0 Å². The van der Waals surface area contributed by atoms with Crippen molar-refractivity contribution in [2.24, 2.45) is 5.84 Å². The zero-order valence-electron chi connectivity index (χ0n) is 11.2. The Balaban J connectivity index is 1.66. The van der Waals surface area contributed by atoms with Gasteiger partial charge in [-0.05, 0) is 51.9 Å². The summed E-state index contributed by atoms with van der Waals surface area (Å²) in [5, 5.41) is 0. The van der Waals surface area contributed by atoms with E-state index in [9.17, 15) is 4.79 Å². The molecular formula is C13H26N4O. The van der Waals surface area contributed by atoms with Crippen LogP contribution in [0.1, 0.15) is 38.5 Å². The van der Waals surface area contributed by atoms with Crippen LogP contribution in [0.15, 0.2) is 0 Å². The average Bonchev–Trinajstić information content (AvgIpc) is 2.46. The van der Waals surface area contributed by atoms with Crippen LogP contribution in [0, 0.1) is 0 Å². The van der Waals surface area contributed by atoms with E-state index >= 15 is 0 Å². The van der Waals surface area contributed by atoms with Crippen molar-refractivity contribution in [3.05, 3.63) is 0 Å². The summed E-state index contributed by atoms with van der Waals surface area (Å²) in [7, 11) is 0. The number of nitrogens with zero attached hydrogens (tertiary/aromatic N) is 2. The second kappa shape index (κ2) is 7.07. The Morgan fingerprint density at radius 1 is 1.11 bits per heavy atom. The summed E-state index contributed by atoms with van der Waals surface area (Å²) < 4.78 is 0. The maximum absolute atomic E-state index is 11.1. The van der Waals surface area contributed by atoms with Crippen LogP contribution in [-0.4, -0.2) is 54.5 Å². The first-order valence-electron chi connectivity index (χ1n) is 7.25. The number of hydrogen-bond donors (Lipinski definition) is 2. The average molecular weight is 254 g/mol. The van der Waals surface area contributed by atoms with Crippen LogP contribution < -0.4 is 11.3 Å². The van der Waals surface area contributed by atoms with Crippen molar-refractivity contribution in [3.63, 3.8) is 0 Å². The van der Waals surface area contributed by atoms with Gasteiger partial charge in [0.15, 0.2) is 0 Å². The van der Waals surface area contributed by atoms with E-state index in [2.05, 4.69) is 15.2 Å². The van der Waals surface area contributed by atoms with Gasteiger partial charge in [0.05, 0.1) is 0 Å². The molecule has 3 N–H and O–H groups in total. The zero-order chi connectivity index (χ0) is 12.8. The lowest BCUT2D eigenvalue weighted by atomic mass is 10.00. The Hall–Kier alpha value is -0.650. The molecule has 2 heterocycles. The Bertz CT molecular complexity index is 258. The summed E-state index contributed by atoms with van der Waals surface area (Å²) in [4.78, 5) is 16.2. The highest BCUT2D eigenvalue weighted by molar-refractivity contribution is 5.75. The summed E-state index contributed by atoms with van der Waals surface area (Å²) in [6.45, 7) is 5.67. The number of nitrogens with one attached hydrogen (secondary N) is 1. The van der Waals surface area contributed by atoms with Gasteiger partial charge in [0.25, 0.3) is 0 Å². The molecule has 0 bridgehead atoms. The molecule has 0 unspecified atom stereocenters. The highest BCUT2D eigenvalue weighted by atomic mass is 16.2. The standard InChI is InChI=1S/C13H26N4O/c14-15-13(18)6-11-16-9-4-12(5-10-16)17-7-2-1-3-8-17/h12H,1-11,14H2,(H,15,18). The van der Waals surface area contributed by atoms with Crippen LogP contribution in [0.2, 0.25) is 0 Å². The van der Waals surface area contributed by atoms with Crippen LogP contribution in [0.25, 0.3) is 0 Å². The van der Waals surface area contributed by atoms with Crippen molar-refractivity contribution in [1.29, 1.82) is 0 Å². The van der Waals surface area contributed by atoms with E-state index in [4.69, 9.17) is 5.84 Å². The van der Waals surface area contributed by atoms with Crippen molar-refractivity contribution < 1.29 is 4.79 Å². The van der Waals surface area contributed by atoms with Crippen molar-refractivity contribution in [1.82, 2.24) is 15.2 Å². The van der Waals surface area contributed by atoms with Gasteiger partial charge in [-0.2, -0.15) is 0 Å². The first-order chi connectivity index (χ1) is 8.79. The minimum Gasteiger partial charge on any atom is -0.303 e. The number of carbonyl (C=O) groups excluding carboxylic acids is 1. The number of rotatable bonds is 4. The van der Waals surface area contributed by atoms with Gasteiger partial charge in [-0.3, -0.25) is 10.2 Å². The van der Waals surface area contributed by atoms with Gasteiger partial charge >= 0.3 is 0 Å². The van der Waals surface area contributed by atoms with Crippen LogP contribution in [-0.2, 0) is 4.79 Å². The monoisotopic (exact) mass is 254 g/mol. The molecule has 18 heavy (non-hydrogen) atoms. The van der Waals surface area contributed by atoms with Crippen LogP contribution in [0.4, 0.5) is 0 Å². The van der Waals surface area contributed by atoms with Crippen molar-refractivity contribution >= 4 is 5.91 Å². The fourth-order valence-corrected chi connectivity index (χ4v) is 3.12. The fraction of sp³-hybridized carbons (Fsp3) is 0.923. The topological polar surface area (TPSA) is 61.6 Å². The fourth-order valence-electron chi connectivity index (χ4n) is 3.12. The van der Waals surface area contributed by atoms with Crippen molar-refractivity contribution in [3.8, 4) is 0 Å². The highest BCUT2D eigenvalue weighted by Crippen LogP contribution is 2.20. The Morgan fingerprint density at radius 2 is 1.78 bits per heavy atom. The van der Waals surface area contributed by atoms with Gasteiger partial charge in [0.1, 0.15) is 0 Å². The molecule has 2 aliphatic rings. The molecule has 0 aromatic heterocycles. The minimum absolute atomic E-state index is 0.0619. The highest BCUT2D eigenvalue weighted by Gasteiger charge is 2.25. The number of nitrogens with two attached hydrogens (primary N) is 1. The van der Waals surface area contributed by atoms with E-state index in [1.54, 1.807) is 0 Å². The largest absolute Gasteiger partial charge is 0.303 e. The van der Waals surface area contributed by atoms with Crippen LogP contribution >= 0.6 is 0 Å². The van der Waals surface area contributed by atoms with Gasteiger partial charge in [0, 0.05) is 19.0 Å². The Morgan fingerprint density at radius 3 is 2.39 bits per heavy atom. The molecule has 0 saturated carbocycles. The van der Waals surface area contributed by atoms with Gasteiger partial charge in [0.2, 0.25) is 5.91 Å². The summed E-state index contributed by atoms with van der Waals surface area (Å²) in [6, 6.07) is 0.782. The molecule has 0 aromatic carbocycles. The molecule has 104 valence electrons. The maximum Gasteiger partial charge on any atom is 0.235 e. The Labute approximate surface area is 110 Å².